The zero-order valence-corrected chi connectivity index (χ0v) is 13.7. The maximum absolute atomic E-state index is 11.8. The molecule has 7 heteroatoms. The Bertz CT molecular complexity index is 693. The first-order chi connectivity index (χ1) is 10.5. The summed E-state index contributed by atoms with van der Waals surface area (Å²) in [4.78, 5) is 12.8. The third kappa shape index (κ3) is 4.98. The number of hydrogen-bond donors (Lipinski definition) is 2. The van der Waals surface area contributed by atoms with Gasteiger partial charge in [0.2, 0.25) is 0 Å². The van der Waals surface area contributed by atoms with E-state index < -0.39 is 0 Å². The van der Waals surface area contributed by atoms with Crippen LogP contribution in [0.5, 0.6) is 0 Å². The summed E-state index contributed by atoms with van der Waals surface area (Å²) in [6, 6.07) is 10.4. The fourth-order valence-electron chi connectivity index (χ4n) is 1.57. The molecule has 0 aliphatic heterocycles. The van der Waals surface area contributed by atoms with Crippen LogP contribution < -0.4 is 10.6 Å². The number of urea groups is 1. The standard InChI is InChI=1S/C15H15ClN4OS/c1-10(14-4-3-9-22-14)19-20-11(2)17-15(21)18-13-7-5-12(16)6-8-13/h3-9H,1-2H3,(H2,17,18,20,21)/b19-10+. The zero-order valence-electron chi connectivity index (χ0n) is 12.1. The minimum atomic E-state index is -0.382. The largest absolute Gasteiger partial charge is 0.324 e. The molecule has 0 unspecified atom stereocenters. The van der Waals surface area contributed by atoms with Crippen molar-refractivity contribution in [2.45, 2.75) is 13.8 Å². The van der Waals surface area contributed by atoms with Gasteiger partial charge in [-0.3, -0.25) is 5.32 Å². The first-order valence-corrected chi connectivity index (χ1v) is 7.76. The molecule has 114 valence electrons. The van der Waals surface area contributed by atoms with Gasteiger partial charge >= 0.3 is 6.03 Å². The average molecular weight is 335 g/mol. The number of nitrogens with one attached hydrogen (secondary N) is 2. The van der Waals surface area contributed by atoms with E-state index in [2.05, 4.69) is 20.8 Å². The number of amides is 2. The Labute approximate surface area is 137 Å². The lowest BCUT2D eigenvalue weighted by molar-refractivity contribution is 0.256. The Balaban J connectivity index is 1.92. The highest BCUT2D eigenvalue weighted by molar-refractivity contribution is 7.12. The maximum Gasteiger partial charge on any atom is 0.324 e. The fraction of sp³-hybridized carbons (Fsp3) is 0.133. The fourth-order valence-corrected chi connectivity index (χ4v) is 2.37. The number of nitrogens with zero attached hydrogens (tertiary/aromatic N) is 2. The summed E-state index contributed by atoms with van der Waals surface area (Å²) in [5.74, 6) is 0.405. The van der Waals surface area contributed by atoms with E-state index >= 15 is 0 Å². The molecular weight excluding hydrogens is 320 g/mol. The van der Waals surface area contributed by atoms with Gasteiger partial charge < -0.3 is 5.32 Å². The predicted octanol–water partition coefficient (Wildman–Crippen LogP) is 4.37. The number of carbonyl (C=O) groups excluding carboxylic acids is 1. The van der Waals surface area contributed by atoms with Crippen molar-refractivity contribution in [2.24, 2.45) is 10.2 Å². The number of halogens is 1. The van der Waals surface area contributed by atoms with Crippen molar-refractivity contribution < 1.29 is 4.79 Å². The van der Waals surface area contributed by atoms with E-state index in [1.54, 1.807) is 42.5 Å². The Morgan fingerprint density at radius 2 is 1.86 bits per heavy atom. The van der Waals surface area contributed by atoms with Crippen LogP contribution in [0.1, 0.15) is 18.7 Å². The van der Waals surface area contributed by atoms with Crippen LogP contribution in [0, 0.1) is 0 Å². The molecule has 5 nitrogen and oxygen atoms in total. The predicted molar refractivity (Wildman–Crippen MR) is 93.2 cm³/mol. The SMILES string of the molecule is C/C(=N\N=C(/C)c1cccs1)NC(=O)Nc1ccc(Cl)cc1. The molecule has 1 heterocycles. The lowest BCUT2D eigenvalue weighted by Gasteiger charge is -2.06. The van der Waals surface area contributed by atoms with E-state index in [9.17, 15) is 4.79 Å². The molecular formula is C15H15ClN4OS. The lowest BCUT2D eigenvalue weighted by atomic mass is 10.3. The average Bonchev–Trinajstić information content (AvgIpc) is 3.01. The molecule has 2 amide bonds. The topological polar surface area (TPSA) is 65.8 Å². The van der Waals surface area contributed by atoms with Crippen LogP contribution in [-0.4, -0.2) is 17.6 Å². The Morgan fingerprint density at radius 1 is 1.14 bits per heavy atom. The van der Waals surface area contributed by atoms with Crippen molar-refractivity contribution in [1.82, 2.24) is 5.32 Å². The van der Waals surface area contributed by atoms with Crippen LogP contribution in [0.25, 0.3) is 0 Å². The quantitative estimate of drug-likeness (QED) is 0.488. The van der Waals surface area contributed by atoms with Gasteiger partial charge in [-0.1, -0.05) is 17.7 Å². The molecule has 0 aliphatic rings. The number of rotatable bonds is 3. The number of benzene rings is 1. The number of thiophene rings is 1. The highest BCUT2D eigenvalue weighted by Gasteiger charge is 2.03. The number of hydrogen-bond acceptors (Lipinski definition) is 4. The van der Waals surface area contributed by atoms with Crippen LogP contribution in [0.2, 0.25) is 5.02 Å². The summed E-state index contributed by atoms with van der Waals surface area (Å²) >= 11 is 7.37. The minimum absolute atomic E-state index is 0.382. The first kappa shape index (κ1) is 16.2. The Hall–Kier alpha value is -2.18. The third-order valence-electron chi connectivity index (χ3n) is 2.62. The lowest BCUT2D eigenvalue weighted by Crippen LogP contribution is -2.32. The summed E-state index contributed by atoms with van der Waals surface area (Å²) in [6.45, 7) is 3.54. The van der Waals surface area contributed by atoms with Crippen LogP contribution in [0.15, 0.2) is 52.0 Å². The molecule has 0 spiro atoms. The van der Waals surface area contributed by atoms with Crippen LogP contribution in [0.4, 0.5) is 10.5 Å². The second-order valence-electron chi connectivity index (χ2n) is 4.43. The van der Waals surface area contributed by atoms with Crippen molar-refractivity contribution in [3.8, 4) is 0 Å². The minimum Gasteiger partial charge on any atom is -0.308 e. The van der Waals surface area contributed by atoms with Gasteiger partial charge in [-0.2, -0.15) is 5.10 Å². The Morgan fingerprint density at radius 3 is 2.50 bits per heavy atom. The second kappa shape index (κ2) is 7.72. The van der Waals surface area contributed by atoms with Crippen molar-refractivity contribution in [3.05, 3.63) is 51.7 Å². The van der Waals surface area contributed by atoms with E-state index in [-0.39, 0.29) is 6.03 Å². The van der Waals surface area contributed by atoms with Crippen molar-refractivity contribution in [1.29, 1.82) is 0 Å². The van der Waals surface area contributed by atoms with Crippen molar-refractivity contribution in [2.75, 3.05) is 5.32 Å². The second-order valence-corrected chi connectivity index (χ2v) is 5.82. The van der Waals surface area contributed by atoms with Gasteiger partial charge in [0.05, 0.1) is 10.6 Å². The smallest absolute Gasteiger partial charge is 0.308 e. The van der Waals surface area contributed by atoms with Crippen LogP contribution in [0.3, 0.4) is 0 Å². The van der Waals surface area contributed by atoms with Gasteiger partial charge in [0.25, 0.3) is 0 Å². The molecule has 1 aromatic carbocycles. The molecule has 2 N–H and O–H groups in total. The van der Waals surface area contributed by atoms with Gasteiger partial charge in [0, 0.05) is 10.7 Å². The van der Waals surface area contributed by atoms with Gasteiger partial charge in [-0.05, 0) is 49.6 Å². The summed E-state index contributed by atoms with van der Waals surface area (Å²) in [7, 11) is 0. The van der Waals surface area contributed by atoms with E-state index in [1.165, 1.54) is 0 Å². The summed E-state index contributed by atoms with van der Waals surface area (Å²) < 4.78 is 0. The molecule has 2 aromatic rings. The van der Waals surface area contributed by atoms with E-state index in [0.717, 1.165) is 10.6 Å². The monoisotopic (exact) mass is 334 g/mol. The van der Waals surface area contributed by atoms with Crippen LogP contribution in [-0.2, 0) is 0 Å². The molecule has 0 bridgehead atoms. The summed E-state index contributed by atoms with van der Waals surface area (Å²) in [5.41, 5.74) is 1.45. The normalized spacial score (nSPS) is 12.1. The Kier molecular flexibility index (Phi) is 5.68. The summed E-state index contributed by atoms with van der Waals surface area (Å²) in [5, 5.41) is 16.0. The highest BCUT2D eigenvalue weighted by Crippen LogP contribution is 2.13. The van der Waals surface area contributed by atoms with Gasteiger partial charge in [-0.25, -0.2) is 4.79 Å². The van der Waals surface area contributed by atoms with Gasteiger partial charge in [0.15, 0.2) is 0 Å². The highest BCUT2D eigenvalue weighted by atomic mass is 35.5. The number of carbonyl (C=O) groups is 1. The first-order valence-electron chi connectivity index (χ1n) is 6.51. The van der Waals surface area contributed by atoms with Crippen LogP contribution >= 0.6 is 22.9 Å². The molecule has 0 radical (unpaired) electrons. The summed E-state index contributed by atoms with van der Waals surface area (Å²) in [6.07, 6.45) is 0. The molecule has 2 rings (SSSR count). The molecule has 0 aliphatic carbocycles. The number of amidine groups is 1. The molecule has 0 atom stereocenters. The molecule has 1 aromatic heterocycles. The zero-order chi connectivity index (χ0) is 15.9. The van der Waals surface area contributed by atoms with Crippen molar-refractivity contribution >= 4 is 46.2 Å². The number of anilines is 1. The van der Waals surface area contributed by atoms with E-state index in [0.29, 0.717) is 16.5 Å². The maximum atomic E-state index is 11.8. The molecule has 22 heavy (non-hydrogen) atoms. The molecule has 0 saturated heterocycles. The van der Waals surface area contributed by atoms with Crippen molar-refractivity contribution in [3.63, 3.8) is 0 Å². The van der Waals surface area contributed by atoms with E-state index in [4.69, 9.17) is 11.6 Å². The van der Waals surface area contributed by atoms with Gasteiger partial charge in [-0.15, -0.1) is 16.4 Å². The van der Waals surface area contributed by atoms with Gasteiger partial charge in [0.1, 0.15) is 5.84 Å². The molecule has 0 fully saturated rings. The third-order valence-corrected chi connectivity index (χ3v) is 3.85. The van der Waals surface area contributed by atoms with E-state index in [1.807, 2.05) is 24.4 Å². The molecule has 0 saturated carbocycles.